The van der Waals surface area contributed by atoms with Gasteiger partial charge in [-0.3, -0.25) is 0 Å². The number of benzene rings is 1. The van der Waals surface area contributed by atoms with E-state index in [9.17, 15) is 10.2 Å². The molecule has 0 fully saturated rings. The standard InChI is InChI=1S/C11H12ClNO3/c1-6-13-8-4-7(2-3-10(8)16-6)11(15)9(14)5-12/h2-4,9,11,14-15H,5H2,1H3. The molecule has 1 aromatic carbocycles. The van der Waals surface area contributed by atoms with E-state index in [0.29, 0.717) is 22.6 Å². The molecule has 4 nitrogen and oxygen atoms in total. The molecule has 2 atom stereocenters. The van der Waals surface area contributed by atoms with Crippen molar-refractivity contribution in [2.24, 2.45) is 0 Å². The van der Waals surface area contributed by atoms with Gasteiger partial charge in [0.1, 0.15) is 11.6 Å². The predicted octanol–water partition coefficient (Wildman–Crippen LogP) is 1.77. The lowest BCUT2D eigenvalue weighted by atomic mass is 10.1. The molecular formula is C11H12ClNO3. The maximum atomic E-state index is 9.76. The Morgan fingerprint density at radius 1 is 1.44 bits per heavy atom. The molecule has 0 aliphatic heterocycles. The summed E-state index contributed by atoms with van der Waals surface area (Å²) in [5.41, 5.74) is 1.90. The van der Waals surface area contributed by atoms with Crippen LogP contribution in [0.3, 0.4) is 0 Å². The summed E-state index contributed by atoms with van der Waals surface area (Å²) < 4.78 is 5.31. The fourth-order valence-electron chi connectivity index (χ4n) is 1.55. The van der Waals surface area contributed by atoms with Gasteiger partial charge in [0.05, 0.1) is 12.0 Å². The molecule has 0 saturated carbocycles. The fraction of sp³-hybridized carbons (Fsp3) is 0.364. The lowest BCUT2D eigenvalue weighted by Crippen LogP contribution is -2.19. The van der Waals surface area contributed by atoms with Crippen molar-refractivity contribution in [3.8, 4) is 0 Å². The number of hydrogen-bond donors (Lipinski definition) is 2. The summed E-state index contributed by atoms with van der Waals surface area (Å²) in [5.74, 6) is 0.552. The molecule has 0 spiro atoms. The lowest BCUT2D eigenvalue weighted by Gasteiger charge is -2.15. The van der Waals surface area contributed by atoms with Gasteiger partial charge in [-0.25, -0.2) is 4.98 Å². The van der Waals surface area contributed by atoms with E-state index in [1.54, 1.807) is 25.1 Å². The number of alkyl halides is 1. The highest BCUT2D eigenvalue weighted by Crippen LogP contribution is 2.23. The first kappa shape index (κ1) is 11.4. The zero-order valence-electron chi connectivity index (χ0n) is 8.72. The van der Waals surface area contributed by atoms with E-state index in [1.807, 2.05) is 0 Å². The number of hydrogen-bond acceptors (Lipinski definition) is 4. The van der Waals surface area contributed by atoms with Crippen molar-refractivity contribution in [1.82, 2.24) is 4.98 Å². The maximum absolute atomic E-state index is 9.76. The van der Waals surface area contributed by atoms with Crippen LogP contribution in [0.15, 0.2) is 22.6 Å². The van der Waals surface area contributed by atoms with Crippen molar-refractivity contribution >= 4 is 22.7 Å². The fourth-order valence-corrected chi connectivity index (χ4v) is 1.72. The maximum Gasteiger partial charge on any atom is 0.192 e. The van der Waals surface area contributed by atoms with E-state index in [0.717, 1.165) is 0 Å². The Morgan fingerprint density at radius 2 is 2.19 bits per heavy atom. The molecule has 0 bridgehead atoms. The predicted molar refractivity (Wildman–Crippen MR) is 60.4 cm³/mol. The number of aliphatic hydroxyl groups excluding tert-OH is 2. The average Bonchev–Trinajstić information content (AvgIpc) is 2.65. The average molecular weight is 242 g/mol. The summed E-state index contributed by atoms with van der Waals surface area (Å²) >= 11 is 5.47. The van der Waals surface area contributed by atoms with Crippen molar-refractivity contribution in [2.45, 2.75) is 19.1 Å². The summed E-state index contributed by atoms with van der Waals surface area (Å²) in [6.45, 7) is 1.75. The third-order valence-electron chi connectivity index (χ3n) is 2.38. The summed E-state index contributed by atoms with van der Waals surface area (Å²) in [6.07, 6.45) is -1.98. The van der Waals surface area contributed by atoms with Gasteiger partial charge in [-0.1, -0.05) is 6.07 Å². The summed E-state index contributed by atoms with van der Waals surface area (Å²) in [6, 6.07) is 5.09. The molecule has 0 amide bonds. The van der Waals surface area contributed by atoms with E-state index in [4.69, 9.17) is 16.0 Å². The third-order valence-corrected chi connectivity index (χ3v) is 2.70. The highest BCUT2D eigenvalue weighted by atomic mass is 35.5. The first-order valence-electron chi connectivity index (χ1n) is 4.91. The van der Waals surface area contributed by atoms with Crippen molar-refractivity contribution in [3.05, 3.63) is 29.7 Å². The second kappa shape index (κ2) is 4.41. The van der Waals surface area contributed by atoms with Crippen LogP contribution in [0.1, 0.15) is 17.6 Å². The second-order valence-electron chi connectivity index (χ2n) is 3.63. The van der Waals surface area contributed by atoms with E-state index in [1.165, 1.54) is 0 Å². The quantitative estimate of drug-likeness (QED) is 0.804. The monoisotopic (exact) mass is 241 g/mol. The minimum absolute atomic E-state index is 0.0168. The van der Waals surface area contributed by atoms with Gasteiger partial charge >= 0.3 is 0 Å². The molecule has 5 heteroatoms. The molecule has 2 aromatic rings. The molecule has 1 heterocycles. The smallest absolute Gasteiger partial charge is 0.192 e. The van der Waals surface area contributed by atoms with Crippen LogP contribution in [-0.4, -0.2) is 27.2 Å². The number of fused-ring (bicyclic) bond motifs is 1. The van der Waals surface area contributed by atoms with Crippen LogP contribution in [0.2, 0.25) is 0 Å². The molecule has 0 saturated heterocycles. The van der Waals surface area contributed by atoms with Gasteiger partial charge in [0.15, 0.2) is 11.5 Å². The van der Waals surface area contributed by atoms with Gasteiger partial charge in [0.25, 0.3) is 0 Å². The molecule has 86 valence electrons. The number of aliphatic hydroxyl groups is 2. The van der Waals surface area contributed by atoms with Gasteiger partial charge in [-0.15, -0.1) is 11.6 Å². The van der Waals surface area contributed by atoms with Gasteiger partial charge < -0.3 is 14.6 Å². The Kier molecular flexibility index (Phi) is 3.14. The first-order chi connectivity index (χ1) is 7.61. The number of halogens is 1. The largest absolute Gasteiger partial charge is 0.441 e. The summed E-state index contributed by atoms with van der Waals surface area (Å²) in [5, 5.41) is 19.2. The number of oxazole rings is 1. The van der Waals surface area contributed by atoms with Gasteiger partial charge in [0.2, 0.25) is 0 Å². The number of nitrogens with zero attached hydrogens (tertiary/aromatic N) is 1. The van der Waals surface area contributed by atoms with Crippen LogP contribution in [0.25, 0.3) is 11.1 Å². The minimum Gasteiger partial charge on any atom is -0.441 e. The van der Waals surface area contributed by atoms with Crippen molar-refractivity contribution in [1.29, 1.82) is 0 Å². The number of aryl methyl sites for hydroxylation is 1. The normalized spacial score (nSPS) is 15.2. The van der Waals surface area contributed by atoms with Crippen LogP contribution in [0, 0.1) is 6.92 Å². The minimum atomic E-state index is -1.00. The van der Waals surface area contributed by atoms with Crippen LogP contribution in [0.5, 0.6) is 0 Å². The SMILES string of the molecule is Cc1nc2cc(C(O)C(O)CCl)ccc2o1. The highest BCUT2D eigenvalue weighted by molar-refractivity contribution is 6.18. The third kappa shape index (κ3) is 2.04. The Morgan fingerprint density at radius 3 is 2.88 bits per heavy atom. The Labute approximate surface area is 97.5 Å². The van der Waals surface area contributed by atoms with Crippen LogP contribution in [-0.2, 0) is 0 Å². The Balaban J connectivity index is 2.38. The Bertz CT molecular complexity index is 497. The van der Waals surface area contributed by atoms with Crippen LogP contribution < -0.4 is 0 Å². The molecule has 1 aromatic heterocycles. The molecule has 0 aliphatic carbocycles. The van der Waals surface area contributed by atoms with Crippen molar-refractivity contribution in [2.75, 3.05) is 5.88 Å². The van der Waals surface area contributed by atoms with E-state index in [2.05, 4.69) is 4.98 Å². The van der Waals surface area contributed by atoms with E-state index in [-0.39, 0.29) is 5.88 Å². The van der Waals surface area contributed by atoms with Crippen LogP contribution in [0.4, 0.5) is 0 Å². The lowest BCUT2D eigenvalue weighted by molar-refractivity contribution is 0.0328. The summed E-state index contributed by atoms with van der Waals surface area (Å²) in [4.78, 5) is 4.15. The molecular weight excluding hydrogens is 230 g/mol. The molecule has 2 unspecified atom stereocenters. The van der Waals surface area contributed by atoms with Crippen LogP contribution >= 0.6 is 11.6 Å². The van der Waals surface area contributed by atoms with Crippen molar-refractivity contribution in [3.63, 3.8) is 0 Å². The van der Waals surface area contributed by atoms with Gasteiger partial charge in [0, 0.05) is 6.92 Å². The van der Waals surface area contributed by atoms with E-state index >= 15 is 0 Å². The topological polar surface area (TPSA) is 66.5 Å². The van der Waals surface area contributed by atoms with Gasteiger partial charge in [-0.05, 0) is 17.7 Å². The zero-order chi connectivity index (χ0) is 11.7. The summed E-state index contributed by atoms with van der Waals surface area (Å²) in [7, 11) is 0. The first-order valence-corrected chi connectivity index (χ1v) is 5.44. The van der Waals surface area contributed by atoms with E-state index < -0.39 is 12.2 Å². The highest BCUT2D eigenvalue weighted by Gasteiger charge is 2.18. The molecule has 2 rings (SSSR count). The zero-order valence-corrected chi connectivity index (χ0v) is 9.48. The van der Waals surface area contributed by atoms with Gasteiger partial charge in [-0.2, -0.15) is 0 Å². The second-order valence-corrected chi connectivity index (χ2v) is 3.94. The number of aromatic nitrogens is 1. The molecule has 0 radical (unpaired) electrons. The molecule has 2 N–H and O–H groups in total. The molecule has 16 heavy (non-hydrogen) atoms. The molecule has 0 aliphatic rings. The van der Waals surface area contributed by atoms with Crippen molar-refractivity contribution < 1.29 is 14.6 Å². The number of rotatable bonds is 3. The Hall–Kier alpha value is -1.10.